The number of nitrogens with zero attached hydrogens (tertiary/aromatic N) is 2. The average Bonchev–Trinajstić information content (AvgIpc) is 2.94. The molecule has 1 fully saturated rings. The van der Waals surface area contributed by atoms with E-state index >= 15 is 0 Å². The molecule has 1 atom stereocenters. The molecule has 0 radical (unpaired) electrons. The zero-order valence-electron chi connectivity index (χ0n) is 7.64. The first kappa shape index (κ1) is 9.56. The van der Waals surface area contributed by atoms with Gasteiger partial charge in [-0.1, -0.05) is 11.8 Å². The third-order valence-electron chi connectivity index (χ3n) is 2.36. The molecule has 1 aliphatic carbocycles. The Morgan fingerprint density at radius 3 is 3.07 bits per heavy atom. The van der Waals surface area contributed by atoms with Crippen LogP contribution in [0.25, 0.3) is 0 Å². The Labute approximate surface area is 86.5 Å². The quantitative estimate of drug-likeness (QED) is 0.758. The van der Waals surface area contributed by atoms with E-state index in [0.717, 1.165) is 12.8 Å². The van der Waals surface area contributed by atoms with Crippen molar-refractivity contribution in [3.05, 3.63) is 12.5 Å². The molecule has 5 heteroatoms. The van der Waals surface area contributed by atoms with Gasteiger partial charge in [-0.2, -0.15) is 5.26 Å². The SMILES string of the molecule is N#CC(N)(CSc1ncco1)C1CC1. The van der Waals surface area contributed by atoms with E-state index in [2.05, 4.69) is 11.1 Å². The van der Waals surface area contributed by atoms with Crippen molar-refractivity contribution in [1.82, 2.24) is 4.98 Å². The summed E-state index contributed by atoms with van der Waals surface area (Å²) in [5.41, 5.74) is 5.26. The Morgan fingerprint density at radius 1 is 1.79 bits per heavy atom. The maximum atomic E-state index is 8.98. The summed E-state index contributed by atoms with van der Waals surface area (Å²) in [4.78, 5) is 3.96. The fraction of sp³-hybridized carbons (Fsp3) is 0.556. The van der Waals surface area contributed by atoms with Crippen LogP contribution in [0.5, 0.6) is 0 Å². The van der Waals surface area contributed by atoms with E-state index in [9.17, 15) is 0 Å². The van der Waals surface area contributed by atoms with Gasteiger partial charge in [0.25, 0.3) is 5.22 Å². The number of nitrogens with two attached hydrogens (primary N) is 1. The molecule has 1 aromatic heterocycles. The summed E-state index contributed by atoms with van der Waals surface area (Å²) in [7, 11) is 0. The number of hydrogen-bond donors (Lipinski definition) is 1. The van der Waals surface area contributed by atoms with Crippen LogP contribution in [-0.2, 0) is 0 Å². The van der Waals surface area contributed by atoms with E-state index in [0.29, 0.717) is 16.9 Å². The van der Waals surface area contributed by atoms with Crippen molar-refractivity contribution in [2.24, 2.45) is 11.7 Å². The highest BCUT2D eigenvalue weighted by Gasteiger charge is 2.42. The van der Waals surface area contributed by atoms with Gasteiger partial charge in [-0.05, 0) is 18.8 Å². The molecule has 1 aromatic rings. The van der Waals surface area contributed by atoms with Gasteiger partial charge >= 0.3 is 0 Å². The zero-order valence-corrected chi connectivity index (χ0v) is 8.46. The maximum Gasteiger partial charge on any atom is 0.255 e. The number of thioether (sulfide) groups is 1. The summed E-state index contributed by atoms with van der Waals surface area (Å²) < 4.78 is 5.06. The second-order valence-electron chi connectivity index (χ2n) is 3.51. The number of rotatable bonds is 4. The molecule has 1 unspecified atom stereocenters. The fourth-order valence-electron chi connectivity index (χ4n) is 1.30. The number of nitriles is 1. The van der Waals surface area contributed by atoms with Gasteiger partial charge in [0.2, 0.25) is 0 Å². The van der Waals surface area contributed by atoms with Crippen LogP contribution < -0.4 is 5.73 Å². The third-order valence-corrected chi connectivity index (χ3v) is 3.43. The van der Waals surface area contributed by atoms with Gasteiger partial charge in [-0.25, -0.2) is 4.98 Å². The van der Waals surface area contributed by atoms with Gasteiger partial charge in [0.1, 0.15) is 11.8 Å². The van der Waals surface area contributed by atoms with E-state index in [1.165, 1.54) is 18.0 Å². The van der Waals surface area contributed by atoms with Crippen molar-refractivity contribution in [2.45, 2.75) is 23.6 Å². The third kappa shape index (κ3) is 1.91. The minimum Gasteiger partial charge on any atom is -0.440 e. The first-order chi connectivity index (χ1) is 6.74. The average molecular weight is 209 g/mol. The van der Waals surface area contributed by atoms with Crippen molar-refractivity contribution >= 4 is 11.8 Å². The van der Waals surface area contributed by atoms with Crippen molar-refractivity contribution in [3.8, 4) is 6.07 Å². The Morgan fingerprint density at radius 2 is 2.57 bits per heavy atom. The Kier molecular flexibility index (Phi) is 2.48. The van der Waals surface area contributed by atoms with Crippen LogP contribution in [-0.4, -0.2) is 16.3 Å². The van der Waals surface area contributed by atoms with E-state index in [4.69, 9.17) is 15.4 Å². The topological polar surface area (TPSA) is 75.8 Å². The highest BCUT2D eigenvalue weighted by molar-refractivity contribution is 7.99. The monoisotopic (exact) mass is 209 g/mol. The lowest BCUT2D eigenvalue weighted by molar-refractivity contribution is 0.451. The molecule has 2 N–H and O–H groups in total. The lowest BCUT2D eigenvalue weighted by Gasteiger charge is -2.18. The molecular formula is C9H11N3OS. The Bertz CT molecular complexity index is 341. The van der Waals surface area contributed by atoms with Gasteiger partial charge in [-0.15, -0.1) is 0 Å². The normalized spacial score (nSPS) is 20.0. The second-order valence-corrected chi connectivity index (χ2v) is 4.44. The molecule has 0 saturated heterocycles. The van der Waals surface area contributed by atoms with Crippen LogP contribution in [0.2, 0.25) is 0 Å². The first-order valence-corrected chi connectivity index (χ1v) is 5.45. The van der Waals surface area contributed by atoms with Crippen LogP contribution in [0.3, 0.4) is 0 Å². The smallest absolute Gasteiger partial charge is 0.255 e. The van der Waals surface area contributed by atoms with Gasteiger partial charge < -0.3 is 10.2 Å². The molecular weight excluding hydrogens is 198 g/mol. The largest absolute Gasteiger partial charge is 0.440 e. The van der Waals surface area contributed by atoms with Crippen molar-refractivity contribution in [1.29, 1.82) is 5.26 Å². The molecule has 0 aliphatic heterocycles. The Balaban J connectivity index is 1.93. The highest BCUT2D eigenvalue weighted by atomic mass is 32.2. The molecule has 2 rings (SSSR count). The second kappa shape index (κ2) is 3.64. The summed E-state index contributed by atoms with van der Waals surface area (Å²) in [6.45, 7) is 0. The fourth-order valence-corrected chi connectivity index (χ4v) is 2.22. The minimum absolute atomic E-state index is 0.356. The minimum atomic E-state index is -0.709. The molecule has 1 aliphatic rings. The number of oxazole rings is 1. The Hall–Kier alpha value is -0.990. The highest BCUT2D eigenvalue weighted by Crippen LogP contribution is 2.40. The van der Waals surface area contributed by atoms with Crippen LogP contribution in [0.1, 0.15) is 12.8 Å². The zero-order chi connectivity index (χ0) is 10.0. The van der Waals surface area contributed by atoms with E-state index < -0.39 is 5.54 Å². The van der Waals surface area contributed by atoms with Gasteiger partial charge in [0.05, 0.1) is 12.3 Å². The van der Waals surface area contributed by atoms with E-state index in [1.54, 1.807) is 6.20 Å². The molecule has 4 nitrogen and oxygen atoms in total. The predicted octanol–water partition coefficient (Wildman–Crippen LogP) is 1.40. The molecule has 0 bridgehead atoms. The number of aromatic nitrogens is 1. The summed E-state index contributed by atoms with van der Waals surface area (Å²) in [6.07, 6.45) is 5.24. The van der Waals surface area contributed by atoms with Gasteiger partial charge in [0, 0.05) is 5.75 Å². The standard InChI is InChI=1S/C9H11N3OS/c10-5-9(11,7-1-2-7)6-14-8-12-3-4-13-8/h3-4,7H,1-2,6,11H2. The lowest BCUT2D eigenvalue weighted by Crippen LogP contribution is -2.43. The van der Waals surface area contributed by atoms with Crippen molar-refractivity contribution in [3.63, 3.8) is 0 Å². The van der Waals surface area contributed by atoms with Crippen LogP contribution in [0.15, 0.2) is 22.1 Å². The molecule has 1 saturated carbocycles. The molecule has 0 spiro atoms. The molecule has 0 amide bonds. The first-order valence-electron chi connectivity index (χ1n) is 4.47. The van der Waals surface area contributed by atoms with Crippen molar-refractivity contribution < 1.29 is 4.42 Å². The predicted molar refractivity (Wildman–Crippen MR) is 52.5 cm³/mol. The summed E-state index contributed by atoms with van der Waals surface area (Å²) in [5, 5.41) is 9.56. The van der Waals surface area contributed by atoms with E-state index in [1.807, 2.05) is 0 Å². The molecule has 0 aromatic carbocycles. The van der Waals surface area contributed by atoms with Gasteiger partial charge in [0.15, 0.2) is 0 Å². The van der Waals surface area contributed by atoms with Crippen LogP contribution >= 0.6 is 11.8 Å². The van der Waals surface area contributed by atoms with Crippen LogP contribution in [0, 0.1) is 17.2 Å². The summed E-state index contributed by atoms with van der Waals surface area (Å²) in [5.74, 6) is 0.907. The summed E-state index contributed by atoms with van der Waals surface area (Å²) in [6, 6.07) is 2.19. The van der Waals surface area contributed by atoms with Crippen molar-refractivity contribution in [2.75, 3.05) is 5.75 Å². The van der Waals surface area contributed by atoms with Gasteiger partial charge in [-0.3, -0.25) is 0 Å². The molecule has 14 heavy (non-hydrogen) atoms. The van der Waals surface area contributed by atoms with Crippen LogP contribution in [0.4, 0.5) is 0 Å². The lowest BCUT2D eigenvalue weighted by atomic mass is 10.00. The molecule has 74 valence electrons. The van der Waals surface area contributed by atoms with E-state index in [-0.39, 0.29) is 0 Å². The molecule has 1 heterocycles. The summed E-state index contributed by atoms with van der Waals surface area (Å²) >= 11 is 1.40. The maximum absolute atomic E-state index is 8.98. The number of hydrogen-bond acceptors (Lipinski definition) is 5.